The van der Waals surface area contributed by atoms with E-state index in [1.165, 1.54) is 7.11 Å². The SMILES string of the molecule is COC(=O)[C@@H]1C[C@@H](SCCCO)CN1C(=O)[C@@H](NC(=O)OC(C)(C)C)C1CCCCC1. The molecule has 178 valence electrons. The van der Waals surface area contributed by atoms with Gasteiger partial charge in [-0.2, -0.15) is 11.8 Å². The molecule has 8 nitrogen and oxygen atoms in total. The molecule has 9 heteroatoms. The maximum Gasteiger partial charge on any atom is 0.408 e. The number of carbonyl (C=O) groups is 3. The summed E-state index contributed by atoms with van der Waals surface area (Å²) < 4.78 is 10.4. The zero-order valence-corrected chi connectivity index (χ0v) is 20.0. The third-order valence-electron chi connectivity index (χ3n) is 5.73. The highest BCUT2D eigenvalue weighted by Crippen LogP contribution is 2.32. The van der Waals surface area contributed by atoms with Crippen LogP contribution in [0.4, 0.5) is 4.79 Å². The van der Waals surface area contributed by atoms with Gasteiger partial charge in [0.1, 0.15) is 17.7 Å². The van der Waals surface area contributed by atoms with E-state index in [9.17, 15) is 14.4 Å². The predicted molar refractivity (Wildman–Crippen MR) is 120 cm³/mol. The van der Waals surface area contributed by atoms with Crippen molar-refractivity contribution < 1.29 is 29.0 Å². The number of hydrogen-bond donors (Lipinski definition) is 2. The van der Waals surface area contributed by atoms with E-state index in [1.54, 1.807) is 37.4 Å². The molecule has 2 rings (SSSR count). The van der Waals surface area contributed by atoms with Crippen LogP contribution >= 0.6 is 11.8 Å². The minimum Gasteiger partial charge on any atom is -0.467 e. The van der Waals surface area contributed by atoms with E-state index >= 15 is 0 Å². The molecule has 0 spiro atoms. The molecule has 2 N–H and O–H groups in total. The molecule has 1 saturated heterocycles. The number of aliphatic hydroxyl groups excluding tert-OH is 1. The minimum absolute atomic E-state index is 0.0214. The highest BCUT2D eigenvalue weighted by molar-refractivity contribution is 7.99. The Morgan fingerprint density at radius 3 is 2.45 bits per heavy atom. The number of aliphatic hydroxyl groups is 1. The standard InChI is InChI=1S/C22H38N2O6S/c1-22(2,3)30-21(28)23-18(15-9-6-5-7-10-15)19(26)24-14-16(31-12-8-11-25)13-17(24)20(27)29-4/h15-18,25H,5-14H2,1-4H3,(H,23,28)/t16-,17+,18+/m1/s1. The lowest BCUT2D eigenvalue weighted by Crippen LogP contribution is -2.55. The fourth-order valence-electron chi connectivity index (χ4n) is 4.30. The van der Waals surface area contributed by atoms with Gasteiger partial charge in [0.15, 0.2) is 0 Å². The minimum atomic E-state index is -0.719. The van der Waals surface area contributed by atoms with Crippen molar-refractivity contribution in [3.63, 3.8) is 0 Å². The van der Waals surface area contributed by atoms with Crippen molar-refractivity contribution in [2.24, 2.45) is 5.92 Å². The summed E-state index contributed by atoms with van der Waals surface area (Å²) in [6, 6.07) is -1.38. The molecule has 31 heavy (non-hydrogen) atoms. The van der Waals surface area contributed by atoms with Gasteiger partial charge in [-0.15, -0.1) is 0 Å². The number of nitrogens with one attached hydrogen (secondary N) is 1. The number of nitrogens with zero attached hydrogens (tertiary/aromatic N) is 1. The molecule has 2 aliphatic rings. The van der Waals surface area contributed by atoms with E-state index in [2.05, 4.69) is 5.32 Å². The van der Waals surface area contributed by atoms with Crippen LogP contribution < -0.4 is 5.32 Å². The highest BCUT2D eigenvalue weighted by atomic mass is 32.2. The zero-order chi connectivity index (χ0) is 23.0. The molecule has 2 fully saturated rings. The smallest absolute Gasteiger partial charge is 0.408 e. The average Bonchev–Trinajstić information content (AvgIpc) is 3.14. The number of ether oxygens (including phenoxy) is 2. The molecule has 1 aliphatic carbocycles. The van der Waals surface area contributed by atoms with Gasteiger partial charge in [-0.3, -0.25) is 4.79 Å². The normalized spacial score (nSPS) is 23.3. The summed E-state index contributed by atoms with van der Waals surface area (Å²) in [6.07, 6.45) is 5.45. The highest BCUT2D eigenvalue weighted by Gasteiger charge is 2.44. The second kappa shape index (κ2) is 11.9. The van der Waals surface area contributed by atoms with Crippen molar-refractivity contribution in [1.29, 1.82) is 0 Å². The molecule has 0 radical (unpaired) electrons. The Morgan fingerprint density at radius 2 is 1.87 bits per heavy atom. The van der Waals surface area contributed by atoms with Crippen LogP contribution in [0.15, 0.2) is 0 Å². The second-order valence-corrected chi connectivity index (χ2v) is 10.8. The number of esters is 1. The molecule has 2 amide bonds. The number of carbonyl (C=O) groups excluding carboxylic acids is 3. The van der Waals surface area contributed by atoms with Crippen LogP contribution in [0.3, 0.4) is 0 Å². The third kappa shape index (κ3) is 7.86. The second-order valence-electron chi connectivity index (χ2n) is 9.36. The van der Waals surface area contributed by atoms with Gasteiger partial charge >= 0.3 is 12.1 Å². The summed E-state index contributed by atoms with van der Waals surface area (Å²) in [7, 11) is 1.33. The van der Waals surface area contributed by atoms with E-state index in [4.69, 9.17) is 14.6 Å². The Hall–Kier alpha value is -1.48. The van der Waals surface area contributed by atoms with E-state index in [0.717, 1.165) is 37.9 Å². The topological polar surface area (TPSA) is 105 Å². The van der Waals surface area contributed by atoms with Gasteiger partial charge < -0.3 is 24.8 Å². The van der Waals surface area contributed by atoms with Crippen molar-refractivity contribution >= 4 is 29.7 Å². The van der Waals surface area contributed by atoms with E-state index in [-0.39, 0.29) is 23.7 Å². The van der Waals surface area contributed by atoms with E-state index < -0.39 is 29.7 Å². The monoisotopic (exact) mass is 458 g/mol. The molecule has 0 aromatic carbocycles. The molecule has 0 aromatic rings. The van der Waals surface area contributed by atoms with Crippen LogP contribution in [0.5, 0.6) is 0 Å². The summed E-state index contributed by atoms with van der Waals surface area (Å²) in [5.41, 5.74) is -0.666. The maximum atomic E-state index is 13.7. The lowest BCUT2D eigenvalue weighted by molar-refractivity contribution is -0.152. The molecule has 1 aliphatic heterocycles. The lowest BCUT2D eigenvalue weighted by Gasteiger charge is -2.34. The Labute approximate surface area is 189 Å². The summed E-state index contributed by atoms with van der Waals surface area (Å²) in [4.78, 5) is 40.2. The first kappa shape index (κ1) is 25.8. The van der Waals surface area contributed by atoms with Crippen LogP contribution in [-0.4, -0.2) is 76.9 Å². The fourth-order valence-corrected chi connectivity index (χ4v) is 5.51. The molecule has 3 atom stereocenters. The van der Waals surface area contributed by atoms with Gasteiger partial charge in [0.25, 0.3) is 0 Å². The number of thioether (sulfide) groups is 1. The number of hydrogen-bond acceptors (Lipinski definition) is 7. The van der Waals surface area contributed by atoms with E-state index in [0.29, 0.717) is 19.4 Å². The number of amides is 2. The maximum absolute atomic E-state index is 13.7. The lowest BCUT2D eigenvalue weighted by atomic mass is 9.83. The van der Waals surface area contributed by atoms with Gasteiger partial charge in [-0.05, 0) is 58.1 Å². The van der Waals surface area contributed by atoms with Gasteiger partial charge in [0, 0.05) is 18.4 Å². The quantitative estimate of drug-likeness (QED) is 0.426. The van der Waals surface area contributed by atoms with E-state index in [1.807, 2.05) is 0 Å². The first-order chi connectivity index (χ1) is 14.7. The molecule has 0 unspecified atom stereocenters. The van der Waals surface area contributed by atoms with Crippen LogP contribution in [0.1, 0.15) is 65.7 Å². The first-order valence-electron chi connectivity index (χ1n) is 11.3. The third-order valence-corrected chi connectivity index (χ3v) is 7.07. The number of likely N-dealkylation sites (tertiary alicyclic amines) is 1. The van der Waals surface area contributed by atoms with Gasteiger partial charge in [0.05, 0.1) is 7.11 Å². The average molecular weight is 459 g/mol. The summed E-state index contributed by atoms with van der Waals surface area (Å²) >= 11 is 1.66. The van der Waals surface area contributed by atoms with Crippen molar-refractivity contribution in [1.82, 2.24) is 10.2 Å². The van der Waals surface area contributed by atoms with Crippen molar-refractivity contribution in [2.75, 3.05) is 26.0 Å². The van der Waals surface area contributed by atoms with Crippen LogP contribution in [0.2, 0.25) is 0 Å². The van der Waals surface area contributed by atoms with Crippen molar-refractivity contribution in [3.05, 3.63) is 0 Å². The molecular formula is C22H38N2O6S. The van der Waals surface area contributed by atoms with Crippen LogP contribution in [0, 0.1) is 5.92 Å². The molecular weight excluding hydrogens is 420 g/mol. The van der Waals surface area contributed by atoms with Gasteiger partial charge in [-0.1, -0.05) is 19.3 Å². The molecule has 1 heterocycles. The molecule has 0 aromatic heterocycles. The van der Waals surface area contributed by atoms with Crippen LogP contribution in [0.25, 0.3) is 0 Å². The summed E-state index contributed by atoms with van der Waals surface area (Å²) in [5, 5.41) is 11.9. The summed E-state index contributed by atoms with van der Waals surface area (Å²) in [5.74, 6) is 0.115. The number of alkyl carbamates (subject to hydrolysis) is 1. The molecule has 1 saturated carbocycles. The largest absolute Gasteiger partial charge is 0.467 e. The fraction of sp³-hybridized carbons (Fsp3) is 0.864. The molecule has 0 bridgehead atoms. The number of rotatable bonds is 8. The Bertz CT molecular complexity index is 618. The zero-order valence-electron chi connectivity index (χ0n) is 19.2. The first-order valence-corrected chi connectivity index (χ1v) is 12.3. The van der Waals surface area contributed by atoms with Crippen molar-refractivity contribution in [2.45, 2.75) is 88.7 Å². The Morgan fingerprint density at radius 1 is 1.19 bits per heavy atom. The van der Waals surface area contributed by atoms with Crippen molar-refractivity contribution in [3.8, 4) is 0 Å². The summed E-state index contributed by atoms with van der Waals surface area (Å²) in [6.45, 7) is 5.89. The van der Waals surface area contributed by atoms with Crippen LogP contribution in [-0.2, 0) is 19.1 Å². The number of methoxy groups -OCH3 is 1. The van der Waals surface area contributed by atoms with Gasteiger partial charge in [0.2, 0.25) is 5.91 Å². The Balaban J connectivity index is 2.18. The predicted octanol–water partition coefficient (Wildman–Crippen LogP) is 2.72. The van der Waals surface area contributed by atoms with Gasteiger partial charge in [-0.25, -0.2) is 9.59 Å². The Kier molecular flexibility index (Phi) is 9.93.